The van der Waals surface area contributed by atoms with Crippen molar-refractivity contribution in [3.05, 3.63) is 41.5 Å². The van der Waals surface area contributed by atoms with E-state index in [0.717, 1.165) is 5.56 Å². The van der Waals surface area contributed by atoms with E-state index in [1.54, 1.807) is 24.3 Å². The van der Waals surface area contributed by atoms with Crippen LogP contribution in [0.3, 0.4) is 0 Å². The molecule has 1 N–H and O–H groups in total. The lowest BCUT2D eigenvalue weighted by molar-refractivity contribution is 0.0695. The van der Waals surface area contributed by atoms with Crippen LogP contribution in [0.2, 0.25) is 0 Å². The fraction of sp³-hybridized carbons (Fsp3) is 0.167. The zero-order valence-electron chi connectivity index (χ0n) is 8.23. The summed E-state index contributed by atoms with van der Waals surface area (Å²) in [6, 6.07) is 7.01. The Balaban J connectivity index is 3.11. The third-order valence-corrected chi connectivity index (χ3v) is 2.10. The van der Waals surface area contributed by atoms with Crippen LogP contribution in [0.15, 0.2) is 24.8 Å². The quantitative estimate of drug-likeness (QED) is 0.814. The van der Waals surface area contributed by atoms with E-state index in [0.29, 0.717) is 18.4 Å². The van der Waals surface area contributed by atoms with Crippen LogP contribution in [0.25, 0.3) is 6.08 Å². The van der Waals surface area contributed by atoms with Crippen molar-refractivity contribution in [3.63, 3.8) is 0 Å². The average molecular weight is 201 g/mol. The highest BCUT2D eigenvalue weighted by Crippen LogP contribution is 2.15. The molecule has 1 aromatic rings. The number of rotatable bonds is 4. The van der Waals surface area contributed by atoms with Crippen molar-refractivity contribution in [2.24, 2.45) is 0 Å². The van der Waals surface area contributed by atoms with Crippen LogP contribution in [0, 0.1) is 11.3 Å². The van der Waals surface area contributed by atoms with Gasteiger partial charge < -0.3 is 5.11 Å². The maximum Gasteiger partial charge on any atom is 0.335 e. The standard InChI is InChI=1S/C12H11NO2/c1-2-9-5-6-11(12(14)15)10(8-9)4-3-7-13/h2,5-6,8H,1,3-4H2,(H,14,15). The van der Waals surface area contributed by atoms with Gasteiger partial charge in [-0.05, 0) is 23.6 Å². The Bertz CT molecular complexity index is 430. The predicted octanol–water partition coefficient (Wildman–Crippen LogP) is 2.48. The Kier molecular flexibility index (Phi) is 3.64. The highest BCUT2D eigenvalue weighted by molar-refractivity contribution is 5.89. The molecular formula is C12H11NO2. The number of hydrogen-bond acceptors (Lipinski definition) is 2. The number of nitrogens with zero attached hydrogens (tertiary/aromatic N) is 1. The number of carboxylic acid groups (broad SMARTS) is 1. The number of benzene rings is 1. The molecule has 3 heteroatoms. The van der Waals surface area contributed by atoms with Gasteiger partial charge in [-0.15, -0.1) is 0 Å². The largest absolute Gasteiger partial charge is 0.478 e. The summed E-state index contributed by atoms with van der Waals surface area (Å²) >= 11 is 0. The van der Waals surface area contributed by atoms with E-state index in [1.807, 2.05) is 6.07 Å². The third kappa shape index (κ3) is 2.68. The minimum Gasteiger partial charge on any atom is -0.478 e. The Morgan fingerprint density at radius 1 is 1.60 bits per heavy atom. The van der Waals surface area contributed by atoms with Crippen molar-refractivity contribution in [2.45, 2.75) is 12.8 Å². The summed E-state index contributed by atoms with van der Waals surface area (Å²) < 4.78 is 0. The molecule has 0 saturated carbocycles. The van der Waals surface area contributed by atoms with Gasteiger partial charge in [0.2, 0.25) is 0 Å². The predicted molar refractivity (Wildman–Crippen MR) is 57.4 cm³/mol. The van der Waals surface area contributed by atoms with Gasteiger partial charge in [0.25, 0.3) is 0 Å². The minimum absolute atomic E-state index is 0.260. The van der Waals surface area contributed by atoms with Crippen molar-refractivity contribution in [1.82, 2.24) is 0 Å². The topological polar surface area (TPSA) is 61.1 Å². The molecule has 0 fully saturated rings. The maximum absolute atomic E-state index is 10.9. The molecule has 1 aromatic carbocycles. The first kappa shape index (κ1) is 11.0. The monoisotopic (exact) mass is 201 g/mol. The lowest BCUT2D eigenvalue weighted by atomic mass is 10.00. The molecule has 0 atom stereocenters. The summed E-state index contributed by atoms with van der Waals surface area (Å²) in [6.45, 7) is 3.61. The second-order valence-electron chi connectivity index (χ2n) is 3.08. The highest BCUT2D eigenvalue weighted by atomic mass is 16.4. The molecule has 15 heavy (non-hydrogen) atoms. The summed E-state index contributed by atoms with van der Waals surface area (Å²) in [5.74, 6) is -0.960. The van der Waals surface area contributed by atoms with Gasteiger partial charge in [0.05, 0.1) is 11.6 Å². The van der Waals surface area contributed by atoms with E-state index in [1.165, 1.54) is 0 Å². The van der Waals surface area contributed by atoms with E-state index in [4.69, 9.17) is 10.4 Å². The van der Waals surface area contributed by atoms with E-state index in [-0.39, 0.29) is 5.56 Å². The van der Waals surface area contributed by atoms with Crippen molar-refractivity contribution in [1.29, 1.82) is 5.26 Å². The zero-order chi connectivity index (χ0) is 11.3. The van der Waals surface area contributed by atoms with Crippen LogP contribution in [-0.4, -0.2) is 11.1 Å². The van der Waals surface area contributed by atoms with Crippen LogP contribution in [-0.2, 0) is 6.42 Å². The fourth-order valence-electron chi connectivity index (χ4n) is 1.35. The Labute approximate surface area is 88.3 Å². The SMILES string of the molecule is C=Cc1ccc(C(=O)O)c(CCC#N)c1. The summed E-state index contributed by atoms with van der Waals surface area (Å²) in [5.41, 5.74) is 1.81. The normalized spacial score (nSPS) is 9.27. The lowest BCUT2D eigenvalue weighted by Crippen LogP contribution is -2.02. The van der Waals surface area contributed by atoms with Gasteiger partial charge in [-0.3, -0.25) is 0 Å². The van der Waals surface area contributed by atoms with E-state index in [9.17, 15) is 4.79 Å². The minimum atomic E-state index is -0.960. The molecule has 0 saturated heterocycles. The number of aromatic carboxylic acids is 1. The Hall–Kier alpha value is -2.08. The lowest BCUT2D eigenvalue weighted by Gasteiger charge is -2.05. The fourth-order valence-corrected chi connectivity index (χ4v) is 1.35. The van der Waals surface area contributed by atoms with Gasteiger partial charge in [0.15, 0.2) is 0 Å². The molecule has 0 spiro atoms. The maximum atomic E-state index is 10.9. The van der Waals surface area contributed by atoms with Crippen LogP contribution in [0.4, 0.5) is 0 Å². The molecule has 0 radical (unpaired) electrons. The molecule has 0 bridgehead atoms. The molecular weight excluding hydrogens is 190 g/mol. The molecule has 3 nitrogen and oxygen atoms in total. The Morgan fingerprint density at radius 3 is 2.87 bits per heavy atom. The molecule has 1 rings (SSSR count). The molecule has 0 aromatic heterocycles. The van der Waals surface area contributed by atoms with Crippen LogP contribution < -0.4 is 0 Å². The van der Waals surface area contributed by atoms with Gasteiger partial charge in [0, 0.05) is 6.42 Å². The van der Waals surface area contributed by atoms with E-state index < -0.39 is 5.97 Å². The average Bonchev–Trinajstić information content (AvgIpc) is 2.25. The first-order valence-electron chi connectivity index (χ1n) is 4.54. The molecule has 0 aliphatic carbocycles. The second-order valence-corrected chi connectivity index (χ2v) is 3.08. The summed E-state index contributed by atoms with van der Waals surface area (Å²) in [6.07, 6.45) is 2.43. The first-order valence-corrected chi connectivity index (χ1v) is 4.54. The van der Waals surface area contributed by atoms with Crippen LogP contribution in [0.5, 0.6) is 0 Å². The van der Waals surface area contributed by atoms with Crippen LogP contribution >= 0.6 is 0 Å². The van der Waals surface area contributed by atoms with Crippen molar-refractivity contribution < 1.29 is 9.90 Å². The smallest absolute Gasteiger partial charge is 0.335 e. The Morgan fingerprint density at radius 2 is 2.33 bits per heavy atom. The van der Waals surface area contributed by atoms with Crippen LogP contribution in [0.1, 0.15) is 27.9 Å². The first-order chi connectivity index (χ1) is 7.19. The van der Waals surface area contributed by atoms with Gasteiger partial charge in [0.1, 0.15) is 0 Å². The number of carbonyl (C=O) groups is 1. The number of aryl methyl sites for hydroxylation is 1. The molecule has 0 heterocycles. The van der Waals surface area contributed by atoms with Crippen molar-refractivity contribution >= 4 is 12.0 Å². The zero-order valence-corrected chi connectivity index (χ0v) is 8.23. The molecule has 76 valence electrons. The number of nitriles is 1. The summed E-state index contributed by atoms with van der Waals surface area (Å²) in [4.78, 5) is 10.9. The second kappa shape index (κ2) is 4.97. The van der Waals surface area contributed by atoms with Crippen molar-refractivity contribution in [2.75, 3.05) is 0 Å². The third-order valence-electron chi connectivity index (χ3n) is 2.10. The van der Waals surface area contributed by atoms with Gasteiger partial charge in [-0.25, -0.2) is 4.79 Å². The highest BCUT2D eigenvalue weighted by Gasteiger charge is 2.09. The number of carboxylic acids is 1. The summed E-state index contributed by atoms with van der Waals surface area (Å²) in [7, 11) is 0. The van der Waals surface area contributed by atoms with Crippen molar-refractivity contribution in [3.8, 4) is 6.07 Å². The molecule has 0 aliphatic rings. The van der Waals surface area contributed by atoms with Gasteiger partial charge >= 0.3 is 5.97 Å². The molecule has 0 amide bonds. The molecule has 0 aliphatic heterocycles. The number of hydrogen-bond donors (Lipinski definition) is 1. The van der Waals surface area contributed by atoms with Gasteiger partial charge in [-0.2, -0.15) is 5.26 Å². The van der Waals surface area contributed by atoms with E-state index in [2.05, 4.69) is 6.58 Å². The molecule has 0 unspecified atom stereocenters. The van der Waals surface area contributed by atoms with E-state index >= 15 is 0 Å². The van der Waals surface area contributed by atoms with Gasteiger partial charge in [-0.1, -0.05) is 24.8 Å². The summed E-state index contributed by atoms with van der Waals surface area (Å²) in [5, 5.41) is 17.4.